The summed E-state index contributed by atoms with van der Waals surface area (Å²) in [6, 6.07) is 17.8. The van der Waals surface area contributed by atoms with E-state index in [9.17, 15) is 41.0 Å². The number of aromatic hydroxyl groups is 1. The highest BCUT2D eigenvalue weighted by atomic mass is 35.5. The molecule has 0 radical (unpaired) electrons. The van der Waals surface area contributed by atoms with Gasteiger partial charge in [-0.15, -0.1) is 11.3 Å². The molecule has 4 heterocycles. The van der Waals surface area contributed by atoms with Gasteiger partial charge >= 0.3 is 12.4 Å². The maximum absolute atomic E-state index is 15.3. The number of allylic oxidation sites excluding steroid dienone is 2. The molecule has 2 aliphatic carbocycles. The van der Waals surface area contributed by atoms with E-state index in [1.165, 1.54) is 22.1 Å². The minimum Gasteiger partial charge on any atom is -0.507 e. The summed E-state index contributed by atoms with van der Waals surface area (Å²) in [5.74, 6) is -8.50. The zero-order valence-electron chi connectivity index (χ0n) is 33.3. The third kappa shape index (κ3) is 5.93. The van der Waals surface area contributed by atoms with E-state index in [0.717, 1.165) is 25.4 Å². The summed E-state index contributed by atoms with van der Waals surface area (Å²) in [5, 5.41) is 18.2. The molecule has 17 heteroatoms. The standard InChI is InChI=1S/C46H33ClF6N4O5S/c1-20-30-17-23(47)8-13-35(30)63-39(20)33-19-36(55(3)54-33)57-41(60)32-18-31-28(38(44(32,2)43(57)62)27-11-12-34(58)26-7-5-4-6-25(26)27)9-10-29-37(31)42(61)56(40(29)59)24-15-21(45(48,49)50)14-22(16-24)46(51,52)53/h4-9,11-17,19,29,31-32,37-38,58H,10,18H2,1-3H3. The molecular formula is C46H33ClF6N4O5S. The fourth-order valence-electron chi connectivity index (χ4n) is 10.7. The van der Waals surface area contributed by atoms with Gasteiger partial charge in [-0.05, 0) is 97.0 Å². The quantitative estimate of drug-likeness (QED) is 0.107. The number of hydrogen-bond donors (Lipinski definition) is 1. The third-order valence-corrected chi connectivity index (χ3v) is 15.1. The maximum Gasteiger partial charge on any atom is 0.416 e. The van der Waals surface area contributed by atoms with Crippen molar-refractivity contribution in [3.63, 3.8) is 0 Å². The van der Waals surface area contributed by atoms with E-state index in [2.05, 4.69) is 0 Å². The van der Waals surface area contributed by atoms with Crippen molar-refractivity contribution in [3.05, 3.63) is 118 Å². The number of hydrogen-bond acceptors (Lipinski definition) is 7. The maximum atomic E-state index is 15.3. The molecule has 2 saturated heterocycles. The monoisotopic (exact) mass is 902 g/mol. The van der Waals surface area contributed by atoms with Gasteiger partial charge in [0.1, 0.15) is 17.3 Å². The van der Waals surface area contributed by atoms with E-state index in [0.29, 0.717) is 49.7 Å². The van der Waals surface area contributed by atoms with Crippen molar-refractivity contribution in [1.82, 2.24) is 9.78 Å². The molecule has 63 heavy (non-hydrogen) atoms. The Bertz CT molecular complexity index is 3030. The number of rotatable bonds is 4. The van der Waals surface area contributed by atoms with E-state index in [1.807, 2.05) is 19.1 Å². The van der Waals surface area contributed by atoms with Gasteiger partial charge in [0, 0.05) is 34.1 Å². The number of carbonyl (C=O) groups excluding carboxylic acids is 4. The van der Waals surface area contributed by atoms with Crippen molar-refractivity contribution in [2.75, 3.05) is 9.80 Å². The second-order valence-corrected chi connectivity index (χ2v) is 18.4. The van der Waals surface area contributed by atoms with Crippen LogP contribution in [-0.4, -0.2) is 38.5 Å². The molecule has 1 saturated carbocycles. The van der Waals surface area contributed by atoms with E-state index in [1.54, 1.807) is 62.5 Å². The molecular weight excluding hydrogens is 870 g/mol. The number of nitrogens with zero attached hydrogens (tertiary/aromatic N) is 4. The van der Waals surface area contributed by atoms with Crippen molar-refractivity contribution in [2.24, 2.45) is 36.1 Å². The van der Waals surface area contributed by atoms with E-state index < -0.39 is 87.8 Å². The van der Waals surface area contributed by atoms with Crippen LogP contribution in [0.1, 0.15) is 47.9 Å². The number of halogens is 7. The molecule has 0 spiro atoms. The van der Waals surface area contributed by atoms with Crippen molar-refractivity contribution in [3.8, 4) is 16.3 Å². The van der Waals surface area contributed by atoms with Crippen LogP contribution in [0.2, 0.25) is 5.02 Å². The number of imide groups is 2. The largest absolute Gasteiger partial charge is 0.507 e. The van der Waals surface area contributed by atoms with Gasteiger partial charge in [0.2, 0.25) is 23.6 Å². The van der Waals surface area contributed by atoms with Crippen LogP contribution in [0.3, 0.4) is 0 Å². The highest BCUT2D eigenvalue weighted by molar-refractivity contribution is 7.22. The Hall–Kier alpha value is -6.00. The van der Waals surface area contributed by atoms with Crippen LogP contribution < -0.4 is 9.80 Å². The first kappa shape index (κ1) is 41.0. The number of phenols is 1. The molecule has 10 rings (SSSR count). The van der Waals surface area contributed by atoms with Crippen molar-refractivity contribution in [2.45, 2.75) is 45.0 Å². The van der Waals surface area contributed by atoms with Gasteiger partial charge in [-0.3, -0.25) is 23.9 Å². The van der Waals surface area contributed by atoms with Crippen LogP contribution in [-0.2, 0) is 38.6 Å². The van der Waals surface area contributed by atoms with Gasteiger partial charge in [0.15, 0.2) is 0 Å². The molecule has 9 nitrogen and oxygen atoms in total. The van der Waals surface area contributed by atoms with Crippen LogP contribution in [0, 0.1) is 36.0 Å². The number of benzene rings is 4. The normalized spacial score (nSPS) is 25.0. The van der Waals surface area contributed by atoms with Crippen LogP contribution >= 0.6 is 22.9 Å². The number of alkyl halides is 6. The summed E-state index contributed by atoms with van der Waals surface area (Å²) in [5.41, 5.74) is -3.30. The highest BCUT2D eigenvalue weighted by Crippen LogP contribution is 2.64. The summed E-state index contributed by atoms with van der Waals surface area (Å²) >= 11 is 7.77. The van der Waals surface area contributed by atoms with E-state index >= 15 is 9.59 Å². The molecule has 4 amide bonds. The summed E-state index contributed by atoms with van der Waals surface area (Å²) < 4.78 is 86.4. The van der Waals surface area contributed by atoms with Crippen LogP contribution in [0.5, 0.6) is 5.75 Å². The van der Waals surface area contributed by atoms with Gasteiger partial charge in [0.05, 0.1) is 44.9 Å². The Morgan fingerprint density at radius 2 is 1.49 bits per heavy atom. The Morgan fingerprint density at radius 1 is 0.810 bits per heavy atom. The third-order valence-electron chi connectivity index (χ3n) is 13.6. The predicted molar refractivity (Wildman–Crippen MR) is 223 cm³/mol. The summed E-state index contributed by atoms with van der Waals surface area (Å²) in [6.45, 7) is 3.61. The second-order valence-electron chi connectivity index (χ2n) is 16.9. The molecule has 1 N–H and O–H groups in total. The SMILES string of the molecule is Cc1c(-c2cc(N3C(=O)C4CC5C(=CCC6C(=O)N(c7cc(C(F)(F)F)cc(C(F)(F)F)c7)C(=O)C65)C(c5ccc(O)c6ccccc56)C4(C)C3=O)n(C)n2)sc2ccc(Cl)cc12. The summed E-state index contributed by atoms with van der Waals surface area (Å²) in [6.07, 6.45) is -9.01. The Labute approximate surface area is 363 Å². The number of thiophene rings is 1. The molecule has 2 aromatic heterocycles. The topological polar surface area (TPSA) is 113 Å². The highest BCUT2D eigenvalue weighted by Gasteiger charge is 2.68. The molecule has 6 aromatic rings. The molecule has 0 bridgehead atoms. The zero-order chi connectivity index (χ0) is 44.8. The number of anilines is 2. The number of phenolic OH excluding ortho intramolecular Hbond substituents is 1. The van der Waals surface area contributed by atoms with Crippen LogP contribution in [0.25, 0.3) is 31.4 Å². The lowest BCUT2D eigenvalue weighted by molar-refractivity contribution is -0.143. The minimum absolute atomic E-state index is 0.0516. The Kier molecular flexibility index (Phi) is 8.96. The number of carbonyl (C=O) groups is 4. The number of amides is 4. The molecule has 4 aliphatic rings. The molecule has 2 aliphatic heterocycles. The molecule has 6 unspecified atom stereocenters. The predicted octanol–water partition coefficient (Wildman–Crippen LogP) is 10.6. The van der Waals surface area contributed by atoms with Crippen LogP contribution in [0.4, 0.5) is 37.8 Å². The van der Waals surface area contributed by atoms with Gasteiger partial charge in [-0.25, -0.2) is 9.80 Å². The smallest absolute Gasteiger partial charge is 0.416 e. The Morgan fingerprint density at radius 3 is 2.17 bits per heavy atom. The first-order chi connectivity index (χ1) is 29.7. The average Bonchev–Trinajstić information content (AvgIpc) is 3.90. The van der Waals surface area contributed by atoms with Gasteiger partial charge in [-0.1, -0.05) is 53.6 Å². The second kappa shape index (κ2) is 13.7. The average molecular weight is 903 g/mol. The number of fused-ring (bicyclic) bond motifs is 6. The lowest BCUT2D eigenvalue weighted by Crippen LogP contribution is -2.49. The summed E-state index contributed by atoms with van der Waals surface area (Å²) in [4.78, 5) is 61.5. The minimum atomic E-state index is -5.24. The fraction of sp³-hybridized carbons (Fsp3) is 0.283. The summed E-state index contributed by atoms with van der Waals surface area (Å²) in [7, 11) is 1.61. The van der Waals surface area contributed by atoms with Gasteiger partial charge in [0.25, 0.3) is 0 Å². The Balaban J connectivity index is 1.11. The van der Waals surface area contributed by atoms with Crippen molar-refractivity contribution in [1.29, 1.82) is 0 Å². The zero-order valence-corrected chi connectivity index (χ0v) is 34.9. The molecule has 6 atom stereocenters. The van der Waals surface area contributed by atoms with Gasteiger partial charge in [-0.2, -0.15) is 31.4 Å². The first-order valence-corrected chi connectivity index (χ1v) is 21.1. The van der Waals surface area contributed by atoms with Crippen molar-refractivity contribution < 1.29 is 50.6 Å². The van der Waals surface area contributed by atoms with Gasteiger partial charge < -0.3 is 5.11 Å². The molecule has 3 fully saturated rings. The lowest BCUT2D eigenvalue weighted by atomic mass is 9.51. The fourth-order valence-corrected chi connectivity index (χ4v) is 12.0. The number of aryl methyl sites for hydroxylation is 2. The lowest BCUT2D eigenvalue weighted by Gasteiger charge is -2.49. The van der Waals surface area contributed by atoms with E-state index in [4.69, 9.17) is 16.7 Å². The van der Waals surface area contributed by atoms with Crippen LogP contribution in [0.15, 0.2) is 90.5 Å². The van der Waals surface area contributed by atoms with Crippen molar-refractivity contribution >= 4 is 78.9 Å². The number of aromatic nitrogens is 2. The van der Waals surface area contributed by atoms with E-state index in [-0.39, 0.29) is 30.5 Å². The molecule has 4 aromatic carbocycles. The molecule has 322 valence electrons. The first-order valence-electron chi connectivity index (χ1n) is 19.9.